The normalized spacial score (nSPS) is 10.3. The summed E-state index contributed by atoms with van der Waals surface area (Å²) in [5.74, 6) is -0.0685. The van der Waals surface area contributed by atoms with E-state index >= 15 is 0 Å². The molecule has 0 unspecified atom stereocenters. The van der Waals surface area contributed by atoms with Crippen LogP contribution in [-0.2, 0) is 11.2 Å². The van der Waals surface area contributed by atoms with Crippen molar-refractivity contribution in [3.63, 3.8) is 0 Å². The molecule has 2 aromatic carbocycles. The fraction of sp³-hybridized carbons (Fsp3) is 0.333. The van der Waals surface area contributed by atoms with Crippen molar-refractivity contribution in [1.29, 1.82) is 0 Å². The number of rotatable bonds is 10. The monoisotopic (exact) mass is 355 g/mol. The Labute approximate surface area is 154 Å². The molecule has 0 fully saturated rings. The second kappa shape index (κ2) is 10.2. The number of carbonyl (C=O) groups excluding carboxylic acids is 1. The molecule has 0 spiro atoms. The van der Waals surface area contributed by atoms with Gasteiger partial charge in [-0.15, -0.1) is 0 Å². The molecule has 138 valence electrons. The van der Waals surface area contributed by atoms with Crippen LogP contribution in [-0.4, -0.2) is 30.1 Å². The van der Waals surface area contributed by atoms with Crippen molar-refractivity contribution in [3.05, 3.63) is 65.2 Å². The first-order valence-electron chi connectivity index (χ1n) is 8.83. The van der Waals surface area contributed by atoms with E-state index in [0.29, 0.717) is 26.0 Å². The van der Waals surface area contributed by atoms with Crippen LogP contribution in [0.2, 0.25) is 0 Å². The van der Waals surface area contributed by atoms with Crippen molar-refractivity contribution in [1.82, 2.24) is 5.32 Å². The second-order valence-electron chi connectivity index (χ2n) is 6.22. The number of unbranched alkanes of at least 4 members (excludes halogenated alkanes) is 1. The minimum atomic E-state index is -0.944. The molecular weight excluding hydrogens is 330 g/mol. The molecule has 26 heavy (non-hydrogen) atoms. The predicted octanol–water partition coefficient (Wildman–Crippen LogP) is 3.60. The summed E-state index contributed by atoms with van der Waals surface area (Å²) in [5, 5.41) is 11.8. The largest absolute Gasteiger partial charge is 0.494 e. The van der Waals surface area contributed by atoms with Crippen LogP contribution in [0.4, 0.5) is 0 Å². The molecule has 0 saturated heterocycles. The lowest BCUT2D eigenvalue weighted by Crippen LogP contribution is -2.24. The molecule has 2 N–H and O–H groups in total. The number of aryl methyl sites for hydroxylation is 2. The lowest BCUT2D eigenvalue weighted by atomic mass is 10.1. The molecule has 0 aliphatic heterocycles. The van der Waals surface area contributed by atoms with E-state index in [1.165, 1.54) is 5.56 Å². The maximum Gasteiger partial charge on any atom is 0.335 e. The summed E-state index contributed by atoms with van der Waals surface area (Å²) in [6.45, 7) is 3.31. The Kier molecular flexibility index (Phi) is 7.68. The zero-order valence-electron chi connectivity index (χ0n) is 15.0. The van der Waals surface area contributed by atoms with Gasteiger partial charge >= 0.3 is 5.97 Å². The number of hydrogen-bond donors (Lipinski definition) is 2. The van der Waals surface area contributed by atoms with E-state index in [4.69, 9.17) is 9.84 Å². The van der Waals surface area contributed by atoms with Gasteiger partial charge in [-0.3, -0.25) is 4.79 Å². The van der Waals surface area contributed by atoms with Crippen molar-refractivity contribution in [2.75, 3.05) is 13.2 Å². The minimum Gasteiger partial charge on any atom is -0.494 e. The number of carbonyl (C=O) groups is 2. The third kappa shape index (κ3) is 6.97. The number of benzene rings is 2. The predicted molar refractivity (Wildman–Crippen MR) is 101 cm³/mol. The average Bonchev–Trinajstić information content (AvgIpc) is 2.64. The maximum absolute atomic E-state index is 11.8. The van der Waals surface area contributed by atoms with Gasteiger partial charge in [-0.2, -0.15) is 0 Å². The van der Waals surface area contributed by atoms with Gasteiger partial charge in [0.05, 0.1) is 12.2 Å². The van der Waals surface area contributed by atoms with E-state index in [9.17, 15) is 9.59 Å². The number of carboxylic acid groups (broad SMARTS) is 1. The Bertz CT molecular complexity index is 708. The van der Waals surface area contributed by atoms with Crippen LogP contribution >= 0.6 is 0 Å². The first-order valence-corrected chi connectivity index (χ1v) is 8.83. The quantitative estimate of drug-likeness (QED) is 0.639. The number of ether oxygens (including phenoxy) is 1. The first-order chi connectivity index (χ1) is 12.5. The Morgan fingerprint density at radius 3 is 2.35 bits per heavy atom. The highest BCUT2D eigenvalue weighted by Gasteiger charge is 2.04. The van der Waals surface area contributed by atoms with Gasteiger partial charge in [0.25, 0.3) is 0 Å². The average molecular weight is 355 g/mol. The highest BCUT2D eigenvalue weighted by Crippen LogP contribution is 2.11. The van der Waals surface area contributed by atoms with E-state index in [-0.39, 0.29) is 11.5 Å². The van der Waals surface area contributed by atoms with Gasteiger partial charge in [0.15, 0.2) is 0 Å². The van der Waals surface area contributed by atoms with E-state index in [1.54, 1.807) is 24.3 Å². The molecule has 0 heterocycles. The summed E-state index contributed by atoms with van der Waals surface area (Å²) < 4.78 is 5.65. The third-order valence-corrected chi connectivity index (χ3v) is 4.02. The van der Waals surface area contributed by atoms with E-state index in [0.717, 1.165) is 24.2 Å². The summed E-state index contributed by atoms with van der Waals surface area (Å²) in [4.78, 5) is 22.6. The Morgan fingerprint density at radius 1 is 1.00 bits per heavy atom. The Balaban J connectivity index is 1.54. The number of aromatic carboxylic acids is 1. The molecule has 2 aromatic rings. The molecule has 0 atom stereocenters. The molecule has 0 saturated carbocycles. The standard InChI is InChI=1S/C21H25NO4/c1-16-4-11-19(12-5-16)26-15-3-2-14-22-20(23)13-8-17-6-9-18(10-7-17)21(24)25/h4-7,9-12H,2-3,8,13-15H2,1H3,(H,22,23)(H,24,25). The topological polar surface area (TPSA) is 75.6 Å². The van der Waals surface area contributed by atoms with Crippen LogP contribution in [0, 0.1) is 6.92 Å². The number of carboxylic acids is 1. The van der Waals surface area contributed by atoms with Crippen molar-refractivity contribution >= 4 is 11.9 Å². The van der Waals surface area contributed by atoms with E-state index in [1.807, 2.05) is 31.2 Å². The van der Waals surface area contributed by atoms with Crippen LogP contribution in [0.15, 0.2) is 48.5 Å². The molecule has 1 amide bonds. The lowest BCUT2D eigenvalue weighted by molar-refractivity contribution is -0.121. The molecule has 0 bridgehead atoms. The lowest BCUT2D eigenvalue weighted by Gasteiger charge is -2.08. The fourth-order valence-electron chi connectivity index (χ4n) is 2.44. The first kappa shape index (κ1) is 19.5. The summed E-state index contributed by atoms with van der Waals surface area (Å²) in [7, 11) is 0. The Hall–Kier alpha value is -2.82. The van der Waals surface area contributed by atoms with Crippen molar-refractivity contribution in [3.8, 4) is 5.75 Å². The van der Waals surface area contributed by atoms with Gasteiger partial charge in [-0.25, -0.2) is 4.79 Å². The van der Waals surface area contributed by atoms with Gasteiger partial charge in [-0.1, -0.05) is 29.8 Å². The molecule has 5 heteroatoms. The highest BCUT2D eigenvalue weighted by atomic mass is 16.5. The van der Waals surface area contributed by atoms with E-state index < -0.39 is 5.97 Å². The van der Waals surface area contributed by atoms with Gasteiger partial charge in [0, 0.05) is 13.0 Å². The van der Waals surface area contributed by atoms with Crippen LogP contribution in [0.5, 0.6) is 5.75 Å². The highest BCUT2D eigenvalue weighted by molar-refractivity contribution is 5.87. The molecule has 0 aromatic heterocycles. The van der Waals surface area contributed by atoms with E-state index in [2.05, 4.69) is 5.32 Å². The number of nitrogens with one attached hydrogen (secondary N) is 1. The van der Waals surface area contributed by atoms with Crippen molar-refractivity contribution in [2.24, 2.45) is 0 Å². The van der Waals surface area contributed by atoms with Crippen molar-refractivity contribution < 1.29 is 19.4 Å². The third-order valence-electron chi connectivity index (χ3n) is 4.02. The fourth-order valence-corrected chi connectivity index (χ4v) is 2.44. The van der Waals surface area contributed by atoms with Gasteiger partial charge in [-0.05, 0) is 56.0 Å². The summed E-state index contributed by atoms with van der Waals surface area (Å²) in [6, 6.07) is 14.6. The SMILES string of the molecule is Cc1ccc(OCCCCNC(=O)CCc2ccc(C(=O)O)cc2)cc1. The number of hydrogen-bond acceptors (Lipinski definition) is 3. The molecule has 0 aliphatic carbocycles. The van der Waals surface area contributed by atoms with Crippen LogP contribution in [0.25, 0.3) is 0 Å². The summed E-state index contributed by atoms with van der Waals surface area (Å²) in [6.07, 6.45) is 2.74. The molecule has 0 aliphatic rings. The molecule has 2 rings (SSSR count). The number of amides is 1. The molecule has 5 nitrogen and oxygen atoms in total. The molecule has 0 radical (unpaired) electrons. The smallest absolute Gasteiger partial charge is 0.335 e. The minimum absolute atomic E-state index is 0.00626. The van der Waals surface area contributed by atoms with Gasteiger partial charge in [0.1, 0.15) is 5.75 Å². The van der Waals surface area contributed by atoms with Gasteiger partial charge < -0.3 is 15.2 Å². The van der Waals surface area contributed by atoms with Crippen LogP contribution in [0.3, 0.4) is 0 Å². The zero-order chi connectivity index (χ0) is 18.8. The zero-order valence-corrected chi connectivity index (χ0v) is 15.0. The van der Waals surface area contributed by atoms with Gasteiger partial charge in [0.2, 0.25) is 5.91 Å². The van der Waals surface area contributed by atoms with Crippen LogP contribution < -0.4 is 10.1 Å². The summed E-state index contributed by atoms with van der Waals surface area (Å²) in [5.41, 5.74) is 2.42. The van der Waals surface area contributed by atoms with Crippen molar-refractivity contribution in [2.45, 2.75) is 32.6 Å². The van der Waals surface area contributed by atoms with Crippen LogP contribution in [0.1, 0.15) is 40.7 Å². The Morgan fingerprint density at radius 2 is 1.69 bits per heavy atom. The maximum atomic E-state index is 11.8. The second-order valence-corrected chi connectivity index (χ2v) is 6.22. The summed E-state index contributed by atoms with van der Waals surface area (Å²) >= 11 is 0. The molecular formula is C21H25NO4.